The molecular formula is C28H26ClN3O6. The minimum Gasteiger partial charge on any atom is -0.454 e. The number of ether oxygens (including phenoxy) is 2. The fourth-order valence-electron chi connectivity index (χ4n) is 4.94. The number of halogens is 1. The molecule has 2 aliphatic heterocycles. The molecule has 0 bridgehead atoms. The molecule has 2 amide bonds. The van der Waals surface area contributed by atoms with Crippen molar-refractivity contribution >= 4 is 34.8 Å². The summed E-state index contributed by atoms with van der Waals surface area (Å²) in [5.41, 5.74) is 3.13. The Kier molecular flexibility index (Phi) is 7.20. The van der Waals surface area contributed by atoms with Crippen LogP contribution >= 0.6 is 11.6 Å². The van der Waals surface area contributed by atoms with Crippen molar-refractivity contribution in [1.29, 1.82) is 0 Å². The Morgan fingerprint density at radius 3 is 2.47 bits per heavy atom. The molecule has 1 fully saturated rings. The Bertz CT molecular complexity index is 1400. The zero-order chi connectivity index (χ0) is 26.8. The molecule has 3 aromatic carbocycles. The van der Waals surface area contributed by atoms with E-state index in [4.69, 9.17) is 21.1 Å². The molecule has 0 unspecified atom stereocenters. The first-order valence-electron chi connectivity index (χ1n) is 12.3. The normalized spacial score (nSPS) is 14.8. The minimum absolute atomic E-state index is 0.125. The number of hydrogen-bond donors (Lipinski definition) is 1. The lowest BCUT2D eigenvalue weighted by molar-refractivity contribution is -0.385. The highest BCUT2D eigenvalue weighted by molar-refractivity contribution is 6.31. The van der Waals surface area contributed by atoms with Gasteiger partial charge in [-0.15, -0.1) is 0 Å². The first-order valence-corrected chi connectivity index (χ1v) is 12.7. The highest BCUT2D eigenvalue weighted by Gasteiger charge is 2.28. The summed E-state index contributed by atoms with van der Waals surface area (Å²) in [6.07, 6.45) is 1.76. The lowest BCUT2D eigenvalue weighted by atomic mass is 9.89. The SMILES string of the molecule is Cc1c(C(=O)N2CCC(c3ccc(NC(=O)Cc4ccc5c(c4)OCO5)cc3)CC2)cc(Cl)cc1[N+](=O)[O-]. The topological polar surface area (TPSA) is 111 Å². The highest BCUT2D eigenvalue weighted by Crippen LogP contribution is 2.34. The molecule has 38 heavy (non-hydrogen) atoms. The van der Waals surface area contributed by atoms with Crippen LogP contribution in [-0.2, 0) is 11.2 Å². The maximum atomic E-state index is 13.1. The number of likely N-dealkylation sites (tertiary alicyclic amines) is 1. The van der Waals surface area contributed by atoms with Crippen LogP contribution in [0.15, 0.2) is 54.6 Å². The number of nitro groups is 1. The van der Waals surface area contributed by atoms with Crippen LogP contribution in [0.2, 0.25) is 5.02 Å². The number of carbonyl (C=O) groups is 2. The second-order valence-corrected chi connectivity index (χ2v) is 9.89. The fourth-order valence-corrected chi connectivity index (χ4v) is 5.16. The zero-order valence-corrected chi connectivity index (χ0v) is 21.5. The Morgan fingerprint density at radius 1 is 1.05 bits per heavy atom. The van der Waals surface area contributed by atoms with Gasteiger partial charge >= 0.3 is 0 Å². The van der Waals surface area contributed by atoms with Crippen molar-refractivity contribution < 1.29 is 24.0 Å². The Hall–Kier alpha value is -4.11. The van der Waals surface area contributed by atoms with Crippen LogP contribution in [0.5, 0.6) is 11.5 Å². The van der Waals surface area contributed by atoms with Crippen molar-refractivity contribution in [2.75, 3.05) is 25.2 Å². The molecular weight excluding hydrogens is 510 g/mol. The molecule has 2 heterocycles. The molecule has 0 spiro atoms. The number of amides is 2. The van der Waals surface area contributed by atoms with Gasteiger partial charge in [0.2, 0.25) is 12.7 Å². The van der Waals surface area contributed by atoms with Gasteiger partial charge in [0.25, 0.3) is 11.6 Å². The summed E-state index contributed by atoms with van der Waals surface area (Å²) >= 11 is 6.05. The van der Waals surface area contributed by atoms with Gasteiger partial charge in [0.1, 0.15) is 0 Å². The van der Waals surface area contributed by atoms with Crippen LogP contribution in [-0.4, -0.2) is 41.5 Å². The van der Waals surface area contributed by atoms with Gasteiger partial charge in [-0.3, -0.25) is 19.7 Å². The lowest BCUT2D eigenvalue weighted by Gasteiger charge is -2.32. The van der Waals surface area contributed by atoms with Crippen LogP contribution in [0.1, 0.15) is 45.8 Å². The van der Waals surface area contributed by atoms with E-state index in [-0.39, 0.29) is 47.2 Å². The van der Waals surface area contributed by atoms with Crippen LogP contribution in [0.4, 0.5) is 11.4 Å². The van der Waals surface area contributed by atoms with Crippen LogP contribution in [0.25, 0.3) is 0 Å². The average molecular weight is 536 g/mol. The molecule has 0 aliphatic carbocycles. The van der Waals surface area contributed by atoms with E-state index in [9.17, 15) is 19.7 Å². The molecule has 10 heteroatoms. The van der Waals surface area contributed by atoms with Crippen LogP contribution in [0.3, 0.4) is 0 Å². The summed E-state index contributed by atoms with van der Waals surface area (Å²) in [4.78, 5) is 38.2. The second-order valence-electron chi connectivity index (χ2n) is 9.46. The van der Waals surface area contributed by atoms with E-state index in [1.807, 2.05) is 36.4 Å². The lowest BCUT2D eigenvalue weighted by Crippen LogP contribution is -2.38. The van der Waals surface area contributed by atoms with E-state index in [1.165, 1.54) is 12.1 Å². The van der Waals surface area contributed by atoms with Gasteiger partial charge in [0.05, 0.1) is 16.9 Å². The minimum atomic E-state index is -0.520. The maximum absolute atomic E-state index is 13.1. The number of piperidine rings is 1. The van der Waals surface area contributed by atoms with Gasteiger partial charge < -0.3 is 19.7 Å². The molecule has 3 aromatic rings. The number of nitrogens with zero attached hydrogens (tertiary/aromatic N) is 2. The molecule has 0 saturated carbocycles. The Balaban J connectivity index is 1.16. The number of carbonyl (C=O) groups excluding carboxylic acids is 2. The second kappa shape index (κ2) is 10.7. The first-order chi connectivity index (χ1) is 18.3. The molecule has 0 atom stereocenters. The quantitative estimate of drug-likeness (QED) is 0.330. The molecule has 0 radical (unpaired) electrons. The number of rotatable bonds is 6. The van der Waals surface area contributed by atoms with Crippen molar-refractivity contribution in [3.63, 3.8) is 0 Å². The third-order valence-electron chi connectivity index (χ3n) is 7.02. The number of anilines is 1. The van der Waals surface area contributed by atoms with Crippen LogP contribution < -0.4 is 14.8 Å². The van der Waals surface area contributed by atoms with E-state index in [2.05, 4.69) is 5.32 Å². The molecule has 1 saturated heterocycles. The fraction of sp³-hybridized carbons (Fsp3) is 0.286. The van der Waals surface area contributed by atoms with E-state index < -0.39 is 4.92 Å². The molecule has 1 N–H and O–H groups in total. The van der Waals surface area contributed by atoms with Crippen LogP contribution in [0, 0.1) is 17.0 Å². The number of fused-ring (bicyclic) bond motifs is 1. The van der Waals surface area contributed by atoms with Crippen molar-refractivity contribution in [2.45, 2.75) is 32.1 Å². The monoisotopic (exact) mass is 535 g/mol. The zero-order valence-electron chi connectivity index (χ0n) is 20.7. The van der Waals surface area contributed by atoms with E-state index in [0.29, 0.717) is 35.8 Å². The van der Waals surface area contributed by atoms with Crippen molar-refractivity contribution in [3.05, 3.63) is 92.0 Å². The molecule has 196 valence electrons. The predicted molar refractivity (Wildman–Crippen MR) is 142 cm³/mol. The third-order valence-corrected chi connectivity index (χ3v) is 7.24. The summed E-state index contributed by atoms with van der Waals surface area (Å²) in [5, 5.41) is 14.4. The summed E-state index contributed by atoms with van der Waals surface area (Å²) in [6.45, 7) is 2.84. The standard InChI is InChI=1S/C28H26ClN3O6/c1-17-23(14-21(29)15-24(17)32(35)36)28(34)31-10-8-20(9-11-31)19-3-5-22(6-4-19)30-27(33)13-18-2-7-25-26(12-18)38-16-37-25/h2-7,12,14-15,20H,8-11,13,16H2,1H3,(H,30,33). The van der Waals surface area contributed by atoms with Gasteiger partial charge in [-0.2, -0.15) is 0 Å². The summed E-state index contributed by atoms with van der Waals surface area (Å²) in [5.74, 6) is 1.24. The smallest absolute Gasteiger partial charge is 0.274 e. The van der Waals surface area contributed by atoms with E-state index in [1.54, 1.807) is 17.9 Å². The first kappa shape index (κ1) is 25.5. The molecule has 9 nitrogen and oxygen atoms in total. The average Bonchev–Trinajstić information content (AvgIpc) is 3.38. The van der Waals surface area contributed by atoms with Crippen molar-refractivity contribution in [1.82, 2.24) is 4.90 Å². The molecule has 0 aromatic heterocycles. The summed E-state index contributed by atoms with van der Waals surface area (Å²) < 4.78 is 10.7. The number of nitro benzene ring substituents is 1. The largest absolute Gasteiger partial charge is 0.454 e. The van der Waals surface area contributed by atoms with Gasteiger partial charge in [0, 0.05) is 35.4 Å². The third kappa shape index (κ3) is 5.43. The summed E-state index contributed by atoms with van der Waals surface area (Å²) in [6, 6.07) is 16.0. The van der Waals surface area contributed by atoms with E-state index >= 15 is 0 Å². The van der Waals surface area contributed by atoms with Gasteiger partial charge in [-0.05, 0) is 67.1 Å². The van der Waals surface area contributed by atoms with Gasteiger partial charge in [-0.1, -0.05) is 29.8 Å². The highest BCUT2D eigenvalue weighted by atomic mass is 35.5. The van der Waals surface area contributed by atoms with Gasteiger partial charge in [0.15, 0.2) is 11.5 Å². The predicted octanol–water partition coefficient (Wildman–Crippen LogP) is 5.49. The van der Waals surface area contributed by atoms with Crippen molar-refractivity contribution in [3.8, 4) is 11.5 Å². The Morgan fingerprint density at radius 2 is 1.76 bits per heavy atom. The number of nitrogens with one attached hydrogen (secondary N) is 1. The maximum Gasteiger partial charge on any atom is 0.274 e. The number of benzene rings is 3. The van der Waals surface area contributed by atoms with Crippen molar-refractivity contribution in [2.24, 2.45) is 0 Å². The Labute approximate surface area is 224 Å². The van der Waals surface area contributed by atoms with E-state index in [0.717, 1.165) is 24.0 Å². The summed E-state index contributed by atoms with van der Waals surface area (Å²) in [7, 11) is 0. The number of hydrogen-bond acceptors (Lipinski definition) is 6. The van der Waals surface area contributed by atoms with Gasteiger partial charge in [-0.25, -0.2) is 0 Å². The molecule has 2 aliphatic rings. The molecule has 5 rings (SSSR count).